The van der Waals surface area contributed by atoms with Crippen LogP contribution in [0.3, 0.4) is 0 Å². The molecular weight excluding hydrogens is 206 g/mol. The molecule has 2 rings (SSSR count). The zero-order chi connectivity index (χ0) is 11.9. The first-order valence-corrected chi connectivity index (χ1v) is 5.06. The number of carboxylic acid groups (broad SMARTS) is 1. The van der Waals surface area contributed by atoms with Gasteiger partial charge >= 0.3 is 5.97 Å². The van der Waals surface area contributed by atoms with Crippen LogP contribution in [-0.4, -0.2) is 25.6 Å². The summed E-state index contributed by atoms with van der Waals surface area (Å²) in [4.78, 5) is 19.1. The van der Waals surface area contributed by atoms with Crippen LogP contribution in [0.25, 0.3) is 11.2 Å². The molecule has 1 N–H and O–H groups in total. The predicted octanol–water partition coefficient (Wildman–Crippen LogP) is 1.79. The molecule has 2 heterocycles. The van der Waals surface area contributed by atoms with E-state index < -0.39 is 5.97 Å². The van der Waals surface area contributed by atoms with E-state index in [-0.39, 0.29) is 5.69 Å². The van der Waals surface area contributed by atoms with Crippen molar-refractivity contribution in [3.63, 3.8) is 0 Å². The topological polar surface area (TPSA) is 68.0 Å². The molecule has 2 aromatic rings. The van der Waals surface area contributed by atoms with Gasteiger partial charge in [0.05, 0.1) is 6.20 Å². The number of carbonyl (C=O) groups is 1. The summed E-state index contributed by atoms with van der Waals surface area (Å²) in [5, 5.41) is 8.87. The molecule has 0 aliphatic heterocycles. The summed E-state index contributed by atoms with van der Waals surface area (Å²) < 4.78 is 1.86. The summed E-state index contributed by atoms with van der Waals surface area (Å²) in [6.45, 7) is 4.09. The summed E-state index contributed by atoms with van der Waals surface area (Å²) in [7, 11) is 1.88. The Balaban J connectivity index is 2.74. The van der Waals surface area contributed by atoms with E-state index in [4.69, 9.17) is 5.11 Å². The van der Waals surface area contributed by atoms with Crippen LogP contribution < -0.4 is 0 Å². The van der Waals surface area contributed by atoms with Crippen LogP contribution in [0.5, 0.6) is 0 Å². The largest absolute Gasteiger partial charge is 0.476 e. The average molecular weight is 219 g/mol. The van der Waals surface area contributed by atoms with Crippen molar-refractivity contribution in [1.82, 2.24) is 14.5 Å². The van der Waals surface area contributed by atoms with E-state index in [1.165, 1.54) is 6.20 Å². The summed E-state index contributed by atoms with van der Waals surface area (Å²) in [6, 6.07) is 0. The minimum atomic E-state index is -1.05. The summed E-state index contributed by atoms with van der Waals surface area (Å²) in [6.07, 6.45) is 3.23. The summed E-state index contributed by atoms with van der Waals surface area (Å²) >= 11 is 0. The van der Waals surface area contributed by atoms with Crippen LogP contribution >= 0.6 is 0 Å². The van der Waals surface area contributed by atoms with Crippen molar-refractivity contribution in [2.75, 3.05) is 0 Å². The fraction of sp³-hybridized carbons (Fsp3) is 0.364. The number of aromatic nitrogens is 3. The van der Waals surface area contributed by atoms with Crippen LogP contribution in [0.4, 0.5) is 0 Å². The molecular formula is C11H13N3O2. The molecule has 16 heavy (non-hydrogen) atoms. The van der Waals surface area contributed by atoms with Crippen LogP contribution in [0.15, 0.2) is 12.4 Å². The zero-order valence-corrected chi connectivity index (χ0v) is 9.43. The first kappa shape index (κ1) is 10.6. The third-order valence-corrected chi connectivity index (χ3v) is 2.53. The van der Waals surface area contributed by atoms with Gasteiger partial charge in [-0.25, -0.2) is 14.8 Å². The quantitative estimate of drug-likeness (QED) is 0.836. The van der Waals surface area contributed by atoms with Crippen molar-refractivity contribution < 1.29 is 9.90 Å². The minimum Gasteiger partial charge on any atom is -0.476 e. The normalized spacial score (nSPS) is 11.2. The first-order chi connectivity index (χ1) is 7.50. The molecule has 2 aromatic heterocycles. The predicted molar refractivity (Wildman–Crippen MR) is 59.6 cm³/mol. The molecule has 0 spiro atoms. The van der Waals surface area contributed by atoms with E-state index in [0.29, 0.717) is 17.1 Å². The Morgan fingerprint density at radius 3 is 2.75 bits per heavy atom. The molecule has 0 atom stereocenters. The number of hydrogen-bond acceptors (Lipinski definition) is 3. The molecule has 0 aliphatic rings. The molecule has 5 nitrogen and oxygen atoms in total. The number of carboxylic acids is 1. The highest BCUT2D eigenvalue weighted by atomic mass is 16.4. The van der Waals surface area contributed by atoms with E-state index in [2.05, 4.69) is 9.97 Å². The van der Waals surface area contributed by atoms with Crippen molar-refractivity contribution in [2.24, 2.45) is 7.05 Å². The number of aryl methyl sites for hydroxylation is 1. The number of nitrogens with zero attached hydrogens (tertiary/aromatic N) is 3. The number of rotatable bonds is 2. The molecule has 84 valence electrons. The summed E-state index contributed by atoms with van der Waals surface area (Å²) in [5.74, 6) is -0.755. The maximum atomic E-state index is 10.8. The van der Waals surface area contributed by atoms with E-state index >= 15 is 0 Å². The van der Waals surface area contributed by atoms with Gasteiger partial charge in [-0.05, 0) is 5.92 Å². The Morgan fingerprint density at radius 1 is 1.50 bits per heavy atom. The van der Waals surface area contributed by atoms with Crippen LogP contribution in [-0.2, 0) is 7.05 Å². The van der Waals surface area contributed by atoms with E-state index in [0.717, 1.165) is 5.56 Å². The lowest BCUT2D eigenvalue weighted by molar-refractivity contribution is 0.0690. The fourth-order valence-electron chi connectivity index (χ4n) is 1.69. The Labute approximate surface area is 92.8 Å². The third-order valence-electron chi connectivity index (χ3n) is 2.53. The van der Waals surface area contributed by atoms with E-state index in [9.17, 15) is 4.79 Å². The van der Waals surface area contributed by atoms with Crippen molar-refractivity contribution in [1.29, 1.82) is 0 Å². The lowest BCUT2D eigenvalue weighted by Crippen LogP contribution is -2.02. The molecule has 0 radical (unpaired) electrons. The van der Waals surface area contributed by atoms with Gasteiger partial charge in [-0.15, -0.1) is 0 Å². The highest BCUT2D eigenvalue weighted by molar-refractivity contribution is 5.88. The molecule has 0 saturated carbocycles. The second kappa shape index (κ2) is 3.59. The van der Waals surface area contributed by atoms with Crippen molar-refractivity contribution in [2.45, 2.75) is 19.8 Å². The molecule has 0 saturated heterocycles. The van der Waals surface area contributed by atoms with Crippen LogP contribution in [0.2, 0.25) is 0 Å². The maximum absolute atomic E-state index is 10.8. The van der Waals surface area contributed by atoms with E-state index in [1.807, 2.05) is 31.7 Å². The van der Waals surface area contributed by atoms with Crippen molar-refractivity contribution in [3.05, 3.63) is 23.7 Å². The molecule has 0 aromatic carbocycles. The lowest BCUT2D eigenvalue weighted by atomic mass is 10.1. The second-order valence-electron chi connectivity index (χ2n) is 4.08. The van der Waals surface area contributed by atoms with Gasteiger partial charge in [-0.3, -0.25) is 0 Å². The highest BCUT2D eigenvalue weighted by Gasteiger charge is 2.14. The lowest BCUT2D eigenvalue weighted by Gasteiger charge is -2.01. The van der Waals surface area contributed by atoms with Gasteiger partial charge in [0.15, 0.2) is 11.3 Å². The Morgan fingerprint density at radius 2 is 2.19 bits per heavy atom. The van der Waals surface area contributed by atoms with E-state index in [1.54, 1.807) is 0 Å². The first-order valence-electron chi connectivity index (χ1n) is 5.06. The van der Waals surface area contributed by atoms with Gasteiger partial charge in [0.2, 0.25) is 0 Å². The minimum absolute atomic E-state index is 0.0133. The second-order valence-corrected chi connectivity index (χ2v) is 4.08. The Kier molecular flexibility index (Phi) is 2.38. The number of fused-ring (bicyclic) bond motifs is 1. The average Bonchev–Trinajstić information content (AvgIpc) is 2.56. The Hall–Kier alpha value is -1.91. The number of hydrogen-bond donors (Lipinski definition) is 1. The van der Waals surface area contributed by atoms with Gasteiger partial charge in [-0.1, -0.05) is 13.8 Å². The fourth-order valence-corrected chi connectivity index (χ4v) is 1.69. The summed E-state index contributed by atoms with van der Waals surface area (Å²) in [5.41, 5.74) is 2.40. The van der Waals surface area contributed by atoms with Crippen molar-refractivity contribution >= 4 is 17.1 Å². The maximum Gasteiger partial charge on any atom is 0.356 e. The van der Waals surface area contributed by atoms with Gasteiger partial charge in [-0.2, -0.15) is 0 Å². The SMILES string of the molecule is CC(C)c1cn(C)c2ncc(C(=O)O)nc12. The van der Waals surface area contributed by atoms with Gasteiger partial charge in [0, 0.05) is 18.8 Å². The number of aromatic carboxylic acids is 1. The molecule has 0 fully saturated rings. The van der Waals surface area contributed by atoms with Gasteiger partial charge in [0.1, 0.15) is 5.52 Å². The molecule has 0 aliphatic carbocycles. The molecule has 5 heteroatoms. The standard InChI is InChI=1S/C11H13N3O2/c1-6(2)7-5-14(3)10-9(7)13-8(4-12-10)11(15)16/h4-6H,1-3H3,(H,15,16). The van der Waals surface area contributed by atoms with Crippen LogP contribution in [0.1, 0.15) is 35.8 Å². The molecule has 0 unspecified atom stereocenters. The smallest absolute Gasteiger partial charge is 0.356 e. The van der Waals surface area contributed by atoms with Crippen molar-refractivity contribution in [3.8, 4) is 0 Å². The van der Waals surface area contributed by atoms with Gasteiger partial charge < -0.3 is 9.67 Å². The van der Waals surface area contributed by atoms with Gasteiger partial charge in [0.25, 0.3) is 0 Å². The molecule has 0 bridgehead atoms. The highest BCUT2D eigenvalue weighted by Crippen LogP contribution is 2.24. The Bertz CT molecular complexity index is 558. The van der Waals surface area contributed by atoms with Crippen LogP contribution in [0, 0.1) is 0 Å². The monoisotopic (exact) mass is 219 g/mol. The third kappa shape index (κ3) is 1.54. The zero-order valence-electron chi connectivity index (χ0n) is 9.43. The molecule has 0 amide bonds.